The zero-order valence-electron chi connectivity index (χ0n) is 8.96. The average molecular weight is 174 g/mol. The van der Waals surface area contributed by atoms with E-state index in [0.29, 0.717) is 5.92 Å². The van der Waals surface area contributed by atoms with Crippen molar-refractivity contribution in [2.24, 2.45) is 0 Å². The molecule has 13 heavy (non-hydrogen) atoms. The van der Waals surface area contributed by atoms with Crippen LogP contribution < -0.4 is 0 Å². The summed E-state index contributed by atoms with van der Waals surface area (Å²) in [5.41, 5.74) is 4.08. The molecule has 1 rings (SSSR count). The Kier molecular flexibility index (Phi) is 3.30. The minimum atomic E-state index is 0.625. The first-order valence-corrected chi connectivity index (χ1v) is 4.88. The van der Waals surface area contributed by atoms with E-state index in [9.17, 15) is 0 Å². The molecule has 0 nitrogen and oxygen atoms in total. The van der Waals surface area contributed by atoms with Gasteiger partial charge in [0.1, 0.15) is 0 Å². The molecular weight excluding hydrogens is 156 g/mol. The molecule has 0 atom stereocenters. The van der Waals surface area contributed by atoms with Crippen LogP contribution in [-0.4, -0.2) is 0 Å². The second-order valence-electron chi connectivity index (χ2n) is 3.75. The highest BCUT2D eigenvalue weighted by molar-refractivity contribution is 5.63. The molecule has 1 aromatic carbocycles. The number of hydrogen-bond donors (Lipinski definition) is 0. The van der Waals surface area contributed by atoms with E-state index < -0.39 is 0 Å². The second kappa shape index (κ2) is 4.27. The van der Waals surface area contributed by atoms with Gasteiger partial charge in [0.15, 0.2) is 0 Å². The van der Waals surface area contributed by atoms with Crippen LogP contribution in [0.4, 0.5) is 0 Å². The van der Waals surface area contributed by atoms with Gasteiger partial charge in [-0.1, -0.05) is 44.2 Å². The van der Waals surface area contributed by atoms with Gasteiger partial charge in [0, 0.05) is 0 Å². The number of allylic oxidation sites excluding steroid dienone is 2. The summed E-state index contributed by atoms with van der Waals surface area (Å²) in [4.78, 5) is 0. The molecule has 0 bridgehead atoms. The predicted octanol–water partition coefficient (Wildman–Crippen LogP) is 4.23. The second-order valence-corrected chi connectivity index (χ2v) is 3.75. The third-order valence-corrected chi connectivity index (χ3v) is 2.47. The smallest absolute Gasteiger partial charge is 0.0219 e. The van der Waals surface area contributed by atoms with Crippen molar-refractivity contribution >= 4 is 5.57 Å². The van der Waals surface area contributed by atoms with Gasteiger partial charge in [-0.3, -0.25) is 0 Å². The Bertz CT molecular complexity index is 288. The van der Waals surface area contributed by atoms with Crippen molar-refractivity contribution in [3.63, 3.8) is 0 Å². The van der Waals surface area contributed by atoms with Crippen molar-refractivity contribution in [1.82, 2.24) is 0 Å². The molecule has 0 amide bonds. The van der Waals surface area contributed by atoms with E-state index in [0.717, 1.165) is 0 Å². The van der Waals surface area contributed by atoms with Crippen LogP contribution in [0.1, 0.15) is 44.7 Å². The third kappa shape index (κ3) is 2.45. The van der Waals surface area contributed by atoms with Crippen LogP contribution in [0.3, 0.4) is 0 Å². The van der Waals surface area contributed by atoms with E-state index in [-0.39, 0.29) is 0 Å². The first-order chi connectivity index (χ1) is 6.15. The summed E-state index contributed by atoms with van der Waals surface area (Å²) in [6, 6.07) is 8.83. The Morgan fingerprint density at radius 2 is 1.69 bits per heavy atom. The van der Waals surface area contributed by atoms with Crippen LogP contribution in [0.15, 0.2) is 30.3 Å². The van der Waals surface area contributed by atoms with Gasteiger partial charge in [0.05, 0.1) is 0 Å². The minimum Gasteiger partial charge on any atom is -0.0841 e. The molecule has 0 saturated carbocycles. The minimum absolute atomic E-state index is 0.625. The first kappa shape index (κ1) is 10.0. The Labute approximate surface area is 81.3 Å². The van der Waals surface area contributed by atoms with Crippen molar-refractivity contribution in [2.45, 2.75) is 33.6 Å². The number of rotatable bonds is 2. The molecule has 0 radical (unpaired) electrons. The van der Waals surface area contributed by atoms with Crippen molar-refractivity contribution in [2.75, 3.05) is 0 Å². The van der Waals surface area contributed by atoms with Crippen molar-refractivity contribution in [3.8, 4) is 0 Å². The fourth-order valence-electron chi connectivity index (χ4n) is 1.30. The SMILES string of the molecule is CC=C(C)c1ccc(C(C)C)cc1. The standard InChI is InChI=1S/C13H18/c1-5-11(4)13-8-6-12(7-9-13)10(2)3/h5-10H,1-4H3. The lowest BCUT2D eigenvalue weighted by Crippen LogP contribution is -1.87. The molecule has 1 aromatic rings. The normalized spacial score (nSPS) is 12.2. The highest BCUT2D eigenvalue weighted by Crippen LogP contribution is 2.18. The molecule has 0 unspecified atom stereocenters. The topological polar surface area (TPSA) is 0 Å². The summed E-state index contributed by atoms with van der Waals surface area (Å²) in [5.74, 6) is 0.625. The summed E-state index contributed by atoms with van der Waals surface area (Å²) < 4.78 is 0. The van der Waals surface area contributed by atoms with Crippen LogP contribution in [0.2, 0.25) is 0 Å². The highest BCUT2D eigenvalue weighted by atomic mass is 14.0. The van der Waals surface area contributed by atoms with Crippen LogP contribution in [0.5, 0.6) is 0 Å². The molecule has 0 aliphatic heterocycles. The molecule has 0 aliphatic carbocycles. The molecule has 0 heterocycles. The molecule has 0 aliphatic rings. The maximum absolute atomic E-state index is 2.22. The van der Waals surface area contributed by atoms with E-state index in [1.807, 2.05) is 0 Å². The zero-order valence-corrected chi connectivity index (χ0v) is 8.96. The third-order valence-electron chi connectivity index (χ3n) is 2.47. The quantitative estimate of drug-likeness (QED) is 0.629. The van der Waals surface area contributed by atoms with Gasteiger partial charge >= 0.3 is 0 Å². The lowest BCUT2D eigenvalue weighted by atomic mass is 9.99. The average Bonchev–Trinajstić information content (AvgIpc) is 2.17. The summed E-state index contributed by atoms with van der Waals surface area (Å²) in [5, 5.41) is 0. The van der Waals surface area contributed by atoms with Crippen LogP contribution >= 0.6 is 0 Å². The van der Waals surface area contributed by atoms with Gasteiger partial charge in [-0.05, 0) is 36.5 Å². The van der Waals surface area contributed by atoms with Gasteiger partial charge < -0.3 is 0 Å². The molecule has 0 spiro atoms. The molecule has 0 heteroatoms. The maximum Gasteiger partial charge on any atom is -0.0219 e. The van der Waals surface area contributed by atoms with E-state index in [1.54, 1.807) is 0 Å². The fraction of sp³-hybridized carbons (Fsp3) is 0.385. The fourth-order valence-corrected chi connectivity index (χ4v) is 1.30. The highest BCUT2D eigenvalue weighted by Gasteiger charge is 1.98. The predicted molar refractivity (Wildman–Crippen MR) is 59.9 cm³/mol. The maximum atomic E-state index is 2.22. The zero-order chi connectivity index (χ0) is 9.84. The molecule has 0 saturated heterocycles. The Morgan fingerprint density at radius 3 is 2.08 bits per heavy atom. The van der Waals surface area contributed by atoms with Gasteiger partial charge in [-0.2, -0.15) is 0 Å². The van der Waals surface area contributed by atoms with Crippen molar-refractivity contribution in [3.05, 3.63) is 41.5 Å². The monoisotopic (exact) mass is 174 g/mol. The van der Waals surface area contributed by atoms with E-state index >= 15 is 0 Å². The van der Waals surface area contributed by atoms with Gasteiger partial charge in [-0.15, -0.1) is 0 Å². The van der Waals surface area contributed by atoms with Gasteiger partial charge in [0.2, 0.25) is 0 Å². The van der Waals surface area contributed by atoms with Crippen LogP contribution in [0, 0.1) is 0 Å². The number of hydrogen-bond acceptors (Lipinski definition) is 0. The van der Waals surface area contributed by atoms with Crippen molar-refractivity contribution < 1.29 is 0 Å². The van der Waals surface area contributed by atoms with E-state index in [2.05, 4.69) is 58.0 Å². The van der Waals surface area contributed by atoms with Crippen molar-refractivity contribution in [1.29, 1.82) is 0 Å². The Hall–Kier alpha value is -1.04. The van der Waals surface area contributed by atoms with Crippen LogP contribution in [0.25, 0.3) is 5.57 Å². The van der Waals surface area contributed by atoms with E-state index in [1.165, 1.54) is 16.7 Å². The first-order valence-electron chi connectivity index (χ1n) is 4.88. The number of benzene rings is 1. The Morgan fingerprint density at radius 1 is 1.15 bits per heavy atom. The molecule has 0 N–H and O–H groups in total. The molecule has 0 fully saturated rings. The summed E-state index contributed by atoms with van der Waals surface area (Å²) >= 11 is 0. The summed E-state index contributed by atoms with van der Waals surface area (Å²) in [6.07, 6.45) is 2.14. The van der Waals surface area contributed by atoms with E-state index in [4.69, 9.17) is 0 Å². The summed E-state index contributed by atoms with van der Waals surface area (Å²) in [7, 11) is 0. The molecule has 70 valence electrons. The molecular formula is C13H18. The van der Waals surface area contributed by atoms with Gasteiger partial charge in [-0.25, -0.2) is 0 Å². The summed E-state index contributed by atoms with van der Waals surface area (Å²) in [6.45, 7) is 8.66. The lowest BCUT2D eigenvalue weighted by molar-refractivity contribution is 0.866. The molecule has 0 aromatic heterocycles. The largest absolute Gasteiger partial charge is 0.0841 e. The Balaban J connectivity index is 2.94. The lowest BCUT2D eigenvalue weighted by Gasteiger charge is -2.06. The van der Waals surface area contributed by atoms with Gasteiger partial charge in [0.25, 0.3) is 0 Å². The van der Waals surface area contributed by atoms with Crippen LogP contribution in [-0.2, 0) is 0 Å².